The van der Waals surface area contributed by atoms with Crippen molar-refractivity contribution in [3.05, 3.63) is 48.3 Å². The van der Waals surface area contributed by atoms with Crippen LogP contribution in [0, 0.1) is 5.41 Å². The molecule has 2 heterocycles. The van der Waals surface area contributed by atoms with Crippen LogP contribution in [0.4, 0.5) is 0 Å². The molecule has 3 aromatic rings. The zero-order chi connectivity index (χ0) is 13.5. The molecule has 0 fully saturated rings. The van der Waals surface area contributed by atoms with Gasteiger partial charge in [0.2, 0.25) is 0 Å². The van der Waals surface area contributed by atoms with Crippen molar-refractivity contribution in [3.8, 4) is 0 Å². The smallest absolute Gasteiger partial charge is 0.0964 e. The first-order valence-electron chi connectivity index (χ1n) is 6.65. The Balaban J connectivity index is 2.17. The van der Waals surface area contributed by atoms with Crippen LogP contribution < -0.4 is 0 Å². The molecule has 0 bridgehead atoms. The summed E-state index contributed by atoms with van der Waals surface area (Å²) in [6, 6.07) is 10.5. The van der Waals surface area contributed by atoms with E-state index in [1.807, 2.05) is 18.5 Å². The van der Waals surface area contributed by atoms with Gasteiger partial charge in [-0.05, 0) is 29.5 Å². The summed E-state index contributed by atoms with van der Waals surface area (Å²) in [6.07, 6.45) is 4.85. The number of rotatable bonds is 1. The van der Waals surface area contributed by atoms with Gasteiger partial charge in [0.15, 0.2) is 0 Å². The van der Waals surface area contributed by atoms with Crippen molar-refractivity contribution >= 4 is 21.8 Å². The molecule has 0 saturated carbocycles. The summed E-state index contributed by atoms with van der Waals surface area (Å²) in [7, 11) is 0. The lowest BCUT2D eigenvalue weighted by Crippen LogP contribution is -2.09. The van der Waals surface area contributed by atoms with E-state index in [1.54, 1.807) is 0 Å². The van der Waals surface area contributed by atoms with E-state index >= 15 is 0 Å². The van der Waals surface area contributed by atoms with Gasteiger partial charge < -0.3 is 0 Å². The predicted molar refractivity (Wildman–Crippen MR) is 80.2 cm³/mol. The lowest BCUT2D eigenvalue weighted by atomic mass is 9.88. The lowest BCUT2D eigenvalue weighted by molar-refractivity contribution is 0.411. The van der Waals surface area contributed by atoms with Crippen LogP contribution in [0.2, 0.25) is 0 Å². The first-order valence-corrected chi connectivity index (χ1v) is 6.65. The highest BCUT2D eigenvalue weighted by atomic mass is 14.7. The summed E-state index contributed by atoms with van der Waals surface area (Å²) in [5, 5.41) is 2.32. The lowest BCUT2D eigenvalue weighted by Gasteiger charge is -2.18. The third-order valence-electron chi connectivity index (χ3n) is 3.21. The molecule has 0 aliphatic rings. The van der Waals surface area contributed by atoms with Gasteiger partial charge in [-0.2, -0.15) is 0 Å². The second-order valence-electron chi connectivity index (χ2n) is 6.29. The molecule has 1 aromatic carbocycles. The van der Waals surface area contributed by atoms with E-state index in [0.29, 0.717) is 0 Å². The Morgan fingerprint density at radius 3 is 2.47 bits per heavy atom. The fourth-order valence-electron chi connectivity index (χ4n) is 2.49. The molecular formula is C17H18N2. The molecule has 0 N–H and O–H groups in total. The Morgan fingerprint density at radius 1 is 0.947 bits per heavy atom. The summed E-state index contributed by atoms with van der Waals surface area (Å²) < 4.78 is 0. The van der Waals surface area contributed by atoms with Crippen molar-refractivity contribution in [3.63, 3.8) is 0 Å². The summed E-state index contributed by atoms with van der Waals surface area (Å²) >= 11 is 0. The molecule has 2 nitrogen and oxygen atoms in total. The minimum Gasteiger partial charge on any atom is -0.254 e. The number of fused-ring (bicyclic) bond motifs is 3. The molecule has 0 aliphatic carbocycles. The maximum atomic E-state index is 4.63. The minimum absolute atomic E-state index is 0.282. The van der Waals surface area contributed by atoms with Crippen molar-refractivity contribution in [2.45, 2.75) is 27.2 Å². The fourth-order valence-corrected chi connectivity index (χ4v) is 2.49. The Morgan fingerprint density at radius 2 is 1.68 bits per heavy atom. The molecule has 0 spiro atoms. The monoisotopic (exact) mass is 250 g/mol. The Labute approximate surface area is 113 Å². The molecule has 0 amide bonds. The molecule has 0 unspecified atom stereocenters. The Hall–Kier alpha value is -1.96. The second-order valence-corrected chi connectivity index (χ2v) is 6.29. The molecule has 0 atom stereocenters. The maximum Gasteiger partial charge on any atom is 0.0964 e. The molecule has 19 heavy (non-hydrogen) atoms. The van der Waals surface area contributed by atoms with E-state index in [-0.39, 0.29) is 5.41 Å². The van der Waals surface area contributed by atoms with Crippen molar-refractivity contribution < 1.29 is 0 Å². The van der Waals surface area contributed by atoms with Gasteiger partial charge in [0, 0.05) is 23.2 Å². The highest BCUT2D eigenvalue weighted by Gasteiger charge is 2.12. The number of hydrogen-bond acceptors (Lipinski definition) is 2. The topological polar surface area (TPSA) is 25.8 Å². The Kier molecular flexibility index (Phi) is 2.74. The molecule has 2 aromatic heterocycles. The maximum absolute atomic E-state index is 4.63. The number of aromatic nitrogens is 2. The van der Waals surface area contributed by atoms with Gasteiger partial charge >= 0.3 is 0 Å². The zero-order valence-electron chi connectivity index (χ0n) is 11.6. The molecule has 2 heteroatoms. The molecule has 3 rings (SSSR count). The van der Waals surface area contributed by atoms with E-state index in [4.69, 9.17) is 0 Å². The van der Waals surface area contributed by atoms with Crippen molar-refractivity contribution in [1.29, 1.82) is 0 Å². The summed E-state index contributed by atoms with van der Waals surface area (Å²) in [4.78, 5) is 9.08. The fraction of sp³-hybridized carbons (Fsp3) is 0.294. The summed E-state index contributed by atoms with van der Waals surface area (Å²) in [5.41, 5.74) is 3.55. The van der Waals surface area contributed by atoms with Gasteiger partial charge in [-0.25, -0.2) is 0 Å². The van der Waals surface area contributed by atoms with Gasteiger partial charge in [-0.15, -0.1) is 0 Å². The molecule has 0 saturated heterocycles. The third-order valence-corrected chi connectivity index (χ3v) is 3.21. The third kappa shape index (κ3) is 2.43. The summed E-state index contributed by atoms with van der Waals surface area (Å²) in [6.45, 7) is 6.75. The number of benzene rings is 1. The highest BCUT2D eigenvalue weighted by molar-refractivity contribution is 6.02. The van der Waals surface area contributed by atoms with Crippen LogP contribution in [0.15, 0.2) is 42.7 Å². The first kappa shape index (κ1) is 12.1. The van der Waals surface area contributed by atoms with Crippen LogP contribution in [0.25, 0.3) is 21.8 Å². The van der Waals surface area contributed by atoms with Crippen LogP contribution in [-0.4, -0.2) is 9.97 Å². The van der Waals surface area contributed by atoms with Gasteiger partial charge in [-0.1, -0.05) is 39.0 Å². The van der Waals surface area contributed by atoms with Crippen molar-refractivity contribution in [2.75, 3.05) is 0 Å². The molecular weight excluding hydrogens is 232 g/mol. The SMILES string of the molecule is CC(C)(C)Cc1cnc2c(ccc3cccnc32)c1. The molecule has 0 aliphatic heterocycles. The largest absolute Gasteiger partial charge is 0.254 e. The van der Waals surface area contributed by atoms with Gasteiger partial charge in [0.05, 0.1) is 11.0 Å². The van der Waals surface area contributed by atoms with E-state index < -0.39 is 0 Å². The average molecular weight is 250 g/mol. The summed E-state index contributed by atoms with van der Waals surface area (Å²) in [5.74, 6) is 0. The Bertz CT molecular complexity index is 739. The van der Waals surface area contributed by atoms with E-state index in [2.05, 4.69) is 55.0 Å². The molecule has 96 valence electrons. The average Bonchev–Trinajstić information content (AvgIpc) is 2.36. The number of hydrogen-bond donors (Lipinski definition) is 0. The van der Waals surface area contributed by atoms with Gasteiger partial charge in [0.1, 0.15) is 0 Å². The second kappa shape index (κ2) is 4.30. The quantitative estimate of drug-likeness (QED) is 0.599. The number of pyridine rings is 2. The van der Waals surface area contributed by atoms with Crippen LogP contribution >= 0.6 is 0 Å². The van der Waals surface area contributed by atoms with E-state index in [0.717, 1.165) is 22.8 Å². The zero-order valence-corrected chi connectivity index (χ0v) is 11.6. The van der Waals surface area contributed by atoms with Crippen molar-refractivity contribution in [1.82, 2.24) is 9.97 Å². The van der Waals surface area contributed by atoms with E-state index in [9.17, 15) is 0 Å². The minimum atomic E-state index is 0.282. The van der Waals surface area contributed by atoms with Crippen LogP contribution in [-0.2, 0) is 6.42 Å². The number of nitrogens with zero attached hydrogens (tertiary/aromatic N) is 2. The highest BCUT2D eigenvalue weighted by Crippen LogP contribution is 2.25. The van der Waals surface area contributed by atoms with Gasteiger partial charge in [0.25, 0.3) is 0 Å². The van der Waals surface area contributed by atoms with Crippen LogP contribution in [0.3, 0.4) is 0 Å². The first-order chi connectivity index (χ1) is 9.03. The normalized spacial score (nSPS) is 12.2. The molecule has 0 radical (unpaired) electrons. The van der Waals surface area contributed by atoms with Crippen LogP contribution in [0.5, 0.6) is 0 Å². The van der Waals surface area contributed by atoms with Gasteiger partial charge in [-0.3, -0.25) is 9.97 Å². The van der Waals surface area contributed by atoms with Crippen LogP contribution in [0.1, 0.15) is 26.3 Å². The van der Waals surface area contributed by atoms with E-state index in [1.165, 1.54) is 10.9 Å². The van der Waals surface area contributed by atoms with Crippen molar-refractivity contribution in [2.24, 2.45) is 5.41 Å². The predicted octanol–water partition coefficient (Wildman–Crippen LogP) is 4.37. The standard InChI is InChI=1S/C17H18N2/c1-17(2,3)10-12-9-14-7-6-13-5-4-8-18-15(13)16(14)19-11-12/h4-9,11H,10H2,1-3H3.